The fourth-order valence-electron chi connectivity index (χ4n) is 2.59. The summed E-state index contributed by atoms with van der Waals surface area (Å²) in [5.74, 6) is -0.692. The highest BCUT2D eigenvalue weighted by molar-refractivity contribution is 5.82. The zero-order chi connectivity index (χ0) is 16.7. The smallest absolute Gasteiger partial charge is 0.330 e. The summed E-state index contributed by atoms with van der Waals surface area (Å²) in [6.45, 7) is 5.98. The molecule has 1 rings (SSSR count). The van der Waals surface area contributed by atoms with Gasteiger partial charge in [0.1, 0.15) is 6.10 Å². The van der Waals surface area contributed by atoms with Crippen LogP contribution in [0.1, 0.15) is 40.0 Å². The molecule has 0 aliphatic carbocycles. The Morgan fingerprint density at radius 1 is 1.41 bits per heavy atom. The van der Waals surface area contributed by atoms with E-state index in [0.29, 0.717) is 19.4 Å². The molecule has 1 aliphatic heterocycles. The Balaban J connectivity index is 2.53. The van der Waals surface area contributed by atoms with Gasteiger partial charge in [-0.15, -0.1) is 0 Å². The second kappa shape index (κ2) is 9.25. The van der Waals surface area contributed by atoms with Gasteiger partial charge < -0.3 is 24.8 Å². The van der Waals surface area contributed by atoms with Gasteiger partial charge in [0.05, 0.1) is 31.5 Å². The number of aliphatic hydroxyl groups excluding tert-OH is 3. The van der Waals surface area contributed by atoms with Crippen molar-refractivity contribution in [1.82, 2.24) is 0 Å². The van der Waals surface area contributed by atoms with Crippen LogP contribution in [0.5, 0.6) is 0 Å². The Hall–Kier alpha value is -0.950. The van der Waals surface area contributed by atoms with E-state index in [4.69, 9.17) is 9.47 Å². The number of rotatable bonds is 7. The molecule has 6 nitrogen and oxygen atoms in total. The van der Waals surface area contributed by atoms with Crippen LogP contribution in [0.15, 0.2) is 11.6 Å². The van der Waals surface area contributed by atoms with Crippen molar-refractivity contribution in [3.63, 3.8) is 0 Å². The first-order valence-corrected chi connectivity index (χ1v) is 7.84. The predicted molar refractivity (Wildman–Crippen MR) is 81.2 cm³/mol. The first kappa shape index (κ1) is 19.1. The maximum absolute atomic E-state index is 11.5. The number of ether oxygens (including phenoxy) is 2. The lowest BCUT2D eigenvalue weighted by atomic mass is 9.86. The standard InChI is InChI=1S/C16H28O6/c1-4-5-21-14(18)7-10(2)6-13-16(20)15(19)12(9-22-13)8-11(3)17/h7,11-13,15-17,19-20H,4-6,8-9H2,1-3H3/b10-7-. The molecule has 0 radical (unpaired) electrons. The monoisotopic (exact) mass is 316 g/mol. The third-order valence-corrected chi connectivity index (χ3v) is 3.72. The number of aliphatic hydroxyl groups is 3. The van der Waals surface area contributed by atoms with Crippen molar-refractivity contribution < 1.29 is 29.6 Å². The van der Waals surface area contributed by atoms with Gasteiger partial charge in [-0.05, 0) is 33.1 Å². The number of hydrogen-bond donors (Lipinski definition) is 3. The van der Waals surface area contributed by atoms with Gasteiger partial charge in [0, 0.05) is 12.0 Å². The van der Waals surface area contributed by atoms with Crippen LogP contribution in [0, 0.1) is 5.92 Å². The van der Waals surface area contributed by atoms with Crippen molar-refractivity contribution in [1.29, 1.82) is 0 Å². The lowest BCUT2D eigenvalue weighted by Crippen LogP contribution is -2.50. The zero-order valence-electron chi connectivity index (χ0n) is 13.6. The summed E-state index contributed by atoms with van der Waals surface area (Å²) in [4.78, 5) is 11.5. The molecule has 0 aromatic heterocycles. The minimum Gasteiger partial charge on any atom is -0.463 e. The highest BCUT2D eigenvalue weighted by atomic mass is 16.5. The van der Waals surface area contributed by atoms with E-state index in [1.165, 1.54) is 6.08 Å². The van der Waals surface area contributed by atoms with E-state index in [1.807, 2.05) is 6.92 Å². The van der Waals surface area contributed by atoms with E-state index < -0.39 is 30.4 Å². The lowest BCUT2D eigenvalue weighted by molar-refractivity contribution is -0.168. The van der Waals surface area contributed by atoms with Crippen molar-refractivity contribution in [2.75, 3.05) is 13.2 Å². The molecule has 0 aromatic carbocycles. The average Bonchev–Trinajstić information content (AvgIpc) is 2.44. The Morgan fingerprint density at radius 2 is 2.09 bits per heavy atom. The van der Waals surface area contributed by atoms with Gasteiger partial charge in [-0.3, -0.25) is 0 Å². The van der Waals surface area contributed by atoms with Gasteiger partial charge in [-0.1, -0.05) is 12.5 Å². The number of hydrogen-bond acceptors (Lipinski definition) is 6. The van der Waals surface area contributed by atoms with Crippen LogP contribution in [-0.4, -0.2) is 58.9 Å². The second-order valence-corrected chi connectivity index (χ2v) is 6.06. The van der Waals surface area contributed by atoms with Gasteiger partial charge in [0.25, 0.3) is 0 Å². The molecular formula is C16H28O6. The van der Waals surface area contributed by atoms with Gasteiger partial charge in [-0.2, -0.15) is 0 Å². The summed E-state index contributed by atoms with van der Waals surface area (Å²) in [7, 11) is 0. The molecule has 3 N–H and O–H groups in total. The van der Waals surface area contributed by atoms with E-state index in [1.54, 1.807) is 13.8 Å². The molecule has 0 bridgehead atoms. The number of esters is 1. The third-order valence-electron chi connectivity index (χ3n) is 3.72. The Labute approximate surface area is 131 Å². The maximum atomic E-state index is 11.5. The molecule has 0 amide bonds. The summed E-state index contributed by atoms with van der Waals surface area (Å²) in [6, 6.07) is 0. The van der Waals surface area contributed by atoms with E-state index in [0.717, 1.165) is 12.0 Å². The SMILES string of the molecule is CCCOC(=O)/C=C(/C)CC1OCC(CC(C)O)C(O)C1O. The predicted octanol–water partition coefficient (Wildman–Crippen LogP) is 0.784. The zero-order valence-corrected chi connectivity index (χ0v) is 13.6. The first-order chi connectivity index (χ1) is 10.3. The van der Waals surface area contributed by atoms with Gasteiger partial charge >= 0.3 is 5.97 Å². The van der Waals surface area contributed by atoms with E-state index in [9.17, 15) is 20.1 Å². The molecule has 1 aliphatic rings. The highest BCUT2D eigenvalue weighted by Gasteiger charge is 2.38. The van der Waals surface area contributed by atoms with Crippen molar-refractivity contribution in [2.24, 2.45) is 5.92 Å². The van der Waals surface area contributed by atoms with Crippen LogP contribution in [0.2, 0.25) is 0 Å². The molecule has 1 heterocycles. The molecule has 22 heavy (non-hydrogen) atoms. The summed E-state index contributed by atoms with van der Waals surface area (Å²) >= 11 is 0. The third kappa shape index (κ3) is 6.04. The number of carbonyl (C=O) groups is 1. The topological polar surface area (TPSA) is 96.2 Å². The molecule has 6 heteroatoms. The Kier molecular flexibility index (Phi) is 8.03. The highest BCUT2D eigenvalue weighted by Crippen LogP contribution is 2.27. The van der Waals surface area contributed by atoms with Gasteiger partial charge in [0.15, 0.2) is 0 Å². The molecule has 0 saturated carbocycles. The molecule has 1 saturated heterocycles. The summed E-state index contributed by atoms with van der Waals surface area (Å²) in [5, 5.41) is 29.6. The van der Waals surface area contributed by atoms with Crippen molar-refractivity contribution >= 4 is 5.97 Å². The lowest BCUT2D eigenvalue weighted by Gasteiger charge is -2.38. The van der Waals surface area contributed by atoms with E-state index in [-0.39, 0.29) is 12.5 Å². The van der Waals surface area contributed by atoms with Gasteiger partial charge in [-0.25, -0.2) is 4.79 Å². The second-order valence-electron chi connectivity index (χ2n) is 6.06. The summed E-state index contributed by atoms with van der Waals surface area (Å²) in [6.07, 6.45) is -0.206. The first-order valence-electron chi connectivity index (χ1n) is 7.84. The van der Waals surface area contributed by atoms with Gasteiger partial charge in [0.2, 0.25) is 0 Å². The quantitative estimate of drug-likeness (QED) is 0.474. The van der Waals surface area contributed by atoms with Crippen LogP contribution in [0.3, 0.4) is 0 Å². The molecule has 5 unspecified atom stereocenters. The molecule has 128 valence electrons. The Morgan fingerprint density at radius 3 is 2.68 bits per heavy atom. The van der Waals surface area contributed by atoms with Crippen LogP contribution in [-0.2, 0) is 14.3 Å². The normalized spacial score (nSPS) is 30.9. The fraction of sp³-hybridized carbons (Fsp3) is 0.812. The van der Waals surface area contributed by atoms with Crippen LogP contribution in [0.4, 0.5) is 0 Å². The molecular weight excluding hydrogens is 288 g/mol. The van der Waals surface area contributed by atoms with E-state index in [2.05, 4.69) is 0 Å². The van der Waals surface area contributed by atoms with Crippen molar-refractivity contribution in [2.45, 2.75) is 64.4 Å². The van der Waals surface area contributed by atoms with Crippen LogP contribution >= 0.6 is 0 Å². The van der Waals surface area contributed by atoms with Crippen molar-refractivity contribution in [3.05, 3.63) is 11.6 Å². The summed E-state index contributed by atoms with van der Waals surface area (Å²) < 4.78 is 10.6. The summed E-state index contributed by atoms with van der Waals surface area (Å²) in [5.41, 5.74) is 0.728. The number of carbonyl (C=O) groups excluding carboxylic acids is 1. The molecule has 5 atom stereocenters. The van der Waals surface area contributed by atoms with E-state index >= 15 is 0 Å². The van der Waals surface area contributed by atoms with Crippen molar-refractivity contribution in [3.8, 4) is 0 Å². The minimum atomic E-state index is -1.03. The Bertz CT molecular complexity index is 379. The average molecular weight is 316 g/mol. The minimum absolute atomic E-state index is 0.279. The largest absolute Gasteiger partial charge is 0.463 e. The fourth-order valence-corrected chi connectivity index (χ4v) is 2.59. The molecule has 0 aromatic rings. The van der Waals surface area contributed by atoms with Crippen LogP contribution in [0.25, 0.3) is 0 Å². The molecule has 0 spiro atoms. The molecule has 1 fully saturated rings. The van der Waals surface area contributed by atoms with Crippen LogP contribution < -0.4 is 0 Å². The maximum Gasteiger partial charge on any atom is 0.330 e.